The molecule has 3 aromatic carbocycles. The van der Waals surface area contributed by atoms with Crippen molar-refractivity contribution >= 4 is 45.0 Å². The van der Waals surface area contributed by atoms with Crippen molar-refractivity contribution in [1.29, 1.82) is 0 Å². The maximum atomic E-state index is 12.9. The number of benzene rings is 3. The van der Waals surface area contributed by atoms with Gasteiger partial charge in [0.25, 0.3) is 10.0 Å². The largest absolute Gasteiger partial charge is 0.465 e. The molecule has 0 bridgehead atoms. The van der Waals surface area contributed by atoms with Gasteiger partial charge in [-0.05, 0) is 71.5 Å². The Bertz CT molecular complexity index is 1280. The fourth-order valence-electron chi connectivity index (χ4n) is 3.70. The molecule has 2 N–H and O–H groups in total. The third kappa shape index (κ3) is 4.85. The summed E-state index contributed by atoms with van der Waals surface area (Å²) in [4.78, 5) is 12.7. The van der Waals surface area contributed by atoms with Crippen molar-refractivity contribution < 1.29 is 18.3 Å². The predicted octanol–water partition coefficient (Wildman–Crippen LogP) is 5.54. The lowest BCUT2D eigenvalue weighted by atomic mass is 10.0. The fraction of sp³-hybridized carbons (Fsp3) is 0.174. The summed E-state index contributed by atoms with van der Waals surface area (Å²) in [6, 6.07) is 17.1. The first-order valence-electron chi connectivity index (χ1n) is 9.91. The Hall–Kier alpha value is -2.74. The molecule has 0 aromatic heterocycles. The fourth-order valence-corrected chi connectivity index (χ4v) is 5.04. The van der Waals surface area contributed by atoms with Gasteiger partial charge in [-0.15, -0.1) is 0 Å². The summed E-state index contributed by atoms with van der Waals surface area (Å²) in [6.45, 7) is 0.813. The van der Waals surface area contributed by atoms with Gasteiger partial charge in [0.05, 0.1) is 14.9 Å². The minimum Gasteiger partial charge on any atom is -0.465 e. The molecule has 0 saturated heterocycles. The van der Waals surface area contributed by atoms with Crippen LogP contribution in [0.1, 0.15) is 11.1 Å². The second kappa shape index (κ2) is 9.02. The maximum absolute atomic E-state index is 12.9. The van der Waals surface area contributed by atoms with E-state index >= 15 is 0 Å². The van der Waals surface area contributed by atoms with E-state index in [1.54, 1.807) is 36.4 Å². The van der Waals surface area contributed by atoms with E-state index < -0.39 is 16.1 Å². The number of sulfonamides is 1. The van der Waals surface area contributed by atoms with Gasteiger partial charge >= 0.3 is 6.09 Å². The van der Waals surface area contributed by atoms with Gasteiger partial charge in [0, 0.05) is 18.8 Å². The van der Waals surface area contributed by atoms with Crippen molar-refractivity contribution in [2.45, 2.75) is 17.7 Å². The maximum Gasteiger partial charge on any atom is 0.407 e. The van der Waals surface area contributed by atoms with E-state index in [0.717, 1.165) is 22.3 Å². The Morgan fingerprint density at radius 3 is 2.16 bits per heavy atom. The quantitative estimate of drug-likeness (QED) is 0.502. The normalized spacial score (nSPS) is 13.9. The average Bonchev–Trinajstić information content (AvgIpc) is 2.98. The summed E-state index contributed by atoms with van der Waals surface area (Å²) in [5, 5.41) is 10.1. The summed E-state index contributed by atoms with van der Waals surface area (Å²) >= 11 is 12.0. The van der Waals surface area contributed by atoms with Crippen LogP contribution in [0.5, 0.6) is 0 Å². The Morgan fingerprint density at radius 1 is 0.844 bits per heavy atom. The number of anilines is 1. The number of hydrogen-bond donors (Lipinski definition) is 2. The Kier molecular flexibility index (Phi) is 6.33. The number of amides is 1. The molecule has 1 amide bonds. The first-order valence-corrected chi connectivity index (χ1v) is 12.1. The number of carboxylic acid groups (broad SMARTS) is 1. The molecular weight excluding hydrogens is 471 g/mol. The van der Waals surface area contributed by atoms with Crippen molar-refractivity contribution in [3.8, 4) is 11.1 Å². The van der Waals surface area contributed by atoms with Crippen LogP contribution in [-0.2, 0) is 22.9 Å². The lowest BCUT2D eigenvalue weighted by molar-refractivity contribution is 0.147. The monoisotopic (exact) mass is 490 g/mol. The Balaban J connectivity index is 1.52. The first-order chi connectivity index (χ1) is 15.2. The van der Waals surface area contributed by atoms with E-state index in [9.17, 15) is 18.3 Å². The molecule has 4 rings (SSSR count). The van der Waals surface area contributed by atoms with Crippen molar-refractivity contribution in [2.24, 2.45) is 0 Å². The molecule has 1 aliphatic heterocycles. The molecule has 9 heteroatoms. The molecule has 0 fully saturated rings. The smallest absolute Gasteiger partial charge is 0.407 e. The number of halogens is 2. The van der Waals surface area contributed by atoms with E-state index in [1.165, 1.54) is 17.0 Å². The lowest BCUT2D eigenvalue weighted by Crippen LogP contribution is -2.31. The number of nitrogens with one attached hydrogen (secondary N) is 1. The van der Waals surface area contributed by atoms with E-state index in [1.807, 2.05) is 12.1 Å². The Labute approximate surface area is 196 Å². The third-order valence-corrected chi connectivity index (χ3v) is 7.58. The lowest BCUT2D eigenvalue weighted by Gasteiger charge is -2.15. The standard InChI is InChI=1S/C23H20Cl2N2O4S/c24-21-8-4-17(14-22(21)25)15-2-6-20(7-3-15)32(30,31)26-19-5-1-16-9-11-27(23(28)29)12-10-18(16)13-19/h1-8,13-14,26H,9-12H2,(H,28,29). The van der Waals surface area contributed by atoms with E-state index in [-0.39, 0.29) is 4.90 Å². The zero-order valence-corrected chi connectivity index (χ0v) is 19.2. The molecule has 3 aromatic rings. The van der Waals surface area contributed by atoms with Crippen LogP contribution in [0.3, 0.4) is 0 Å². The highest BCUT2D eigenvalue weighted by Gasteiger charge is 2.19. The van der Waals surface area contributed by atoms with Crippen LogP contribution in [0, 0.1) is 0 Å². The summed E-state index contributed by atoms with van der Waals surface area (Å²) in [7, 11) is -3.79. The number of fused-ring (bicyclic) bond motifs is 1. The van der Waals surface area contributed by atoms with E-state index in [2.05, 4.69) is 4.72 Å². The van der Waals surface area contributed by atoms with Crippen LogP contribution < -0.4 is 4.72 Å². The summed E-state index contributed by atoms with van der Waals surface area (Å²) < 4.78 is 28.4. The van der Waals surface area contributed by atoms with E-state index in [4.69, 9.17) is 23.2 Å². The number of rotatable bonds is 4. The molecule has 0 aliphatic carbocycles. The van der Waals surface area contributed by atoms with Crippen molar-refractivity contribution in [3.63, 3.8) is 0 Å². The van der Waals surface area contributed by atoms with Crippen LogP contribution in [0.25, 0.3) is 11.1 Å². The van der Waals surface area contributed by atoms with Crippen LogP contribution >= 0.6 is 23.2 Å². The molecule has 0 saturated carbocycles. The molecule has 0 unspecified atom stereocenters. The summed E-state index contributed by atoms with van der Waals surface area (Å²) in [6.07, 6.45) is 0.198. The zero-order valence-electron chi connectivity index (χ0n) is 16.9. The van der Waals surface area contributed by atoms with Gasteiger partial charge < -0.3 is 10.0 Å². The Morgan fingerprint density at radius 2 is 1.50 bits per heavy atom. The second-order valence-electron chi connectivity index (χ2n) is 7.51. The number of nitrogens with zero attached hydrogens (tertiary/aromatic N) is 1. The number of hydrogen-bond acceptors (Lipinski definition) is 3. The topological polar surface area (TPSA) is 86.7 Å². The molecule has 6 nitrogen and oxygen atoms in total. The van der Waals surface area contributed by atoms with Crippen molar-refractivity contribution in [2.75, 3.05) is 17.8 Å². The SMILES string of the molecule is O=C(O)N1CCc2ccc(NS(=O)(=O)c3ccc(-c4ccc(Cl)c(Cl)c4)cc3)cc2CC1. The van der Waals surface area contributed by atoms with Crippen molar-refractivity contribution in [3.05, 3.63) is 81.8 Å². The molecular formula is C23H20Cl2N2O4S. The van der Waals surface area contributed by atoms with Gasteiger partial charge in [-0.1, -0.05) is 47.5 Å². The number of carbonyl (C=O) groups is 1. The van der Waals surface area contributed by atoms with Crippen LogP contribution in [-0.4, -0.2) is 37.6 Å². The van der Waals surface area contributed by atoms with Gasteiger partial charge in [-0.2, -0.15) is 0 Å². The summed E-state index contributed by atoms with van der Waals surface area (Å²) in [5.74, 6) is 0. The average molecular weight is 491 g/mol. The molecule has 0 atom stereocenters. The van der Waals surface area contributed by atoms with Crippen LogP contribution in [0.2, 0.25) is 10.0 Å². The van der Waals surface area contributed by atoms with Gasteiger partial charge in [-0.3, -0.25) is 4.72 Å². The highest BCUT2D eigenvalue weighted by atomic mass is 35.5. The highest BCUT2D eigenvalue weighted by Crippen LogP contribution is 2.29. The minimum absolute atomic E-state index is 0.133. The van der Waals surface area contributed by atoms with Crippen LogP contribution in [0.15, 0.2) is 65.6 Å². The molecule has 32 heavy (non-hydrogen) atoms. The molecule has 0 radical (unpaired) electrons. The van der Waals surface area contributed by atoms with Gasteiger partial charge in [0.1, 0.15) is 0 Å². The second-order valence-corrected chi connectivity index (χ2v) is 10.0. The van der Waals surface area contributed by atoms with Crippen molar-refractivity contribution in [1.82, 2.24) is 4.90 Å². The third-order valence-electron chi connectivity index (χ3n) is 5.45. The van der Waals surface area contributed by atoms with Gasteiger partial charge in [-0.25, -0.2) is 13.2 Å². The van der Waals surface area contributed by atoms with E-state index in [0.29, 0.717) is 41.7 Å². The first kappa shape index (κ1) is 22.5. The minimum atomic E-state index is -3.79. The molecule has 166 valence electrons. The molecule has 1 aliphatic rings. The van der Waals surface area contributed by atoms with Gasteiger partial charge in [0.2, 0.25) is 0 Å². The predicted molar refractivity (Wildman–Crippen MR) is 126 cm³/mol. The zero-order chi connectivity index (χ0) is 22.9. The highest BCUT2D eigenvalue weighted by molar-refractivity contribution is 7.92. The molecule has 1 heterocycles. The summed E-state index contributed by atoms with van der Waals surface area (Å²) in [5.41, 5.74) is 4.07. The van der Waals surface area contributed by atoms with Crippen LogP contribution in [0.4, 0.5) is 10.5 Å². The van der Waals surface area contributed by atoms with Gasteiger partial charge in [0.15, 0.2) is 0 Å². The molecule has 0 spiro atoms.